The lowest BCUT2D eigenvalue weighted by molar-refractivity contribution is -0.155. The predicted octanol–water partition coefficient (Wildman–Crippen LogP) is 2.07. The number of ether oxygens (including phenoxy) is 2. The Hall–Kier alpha value is -3.65. The fraction of sp³-hybridized carbons (Fsp3) is 0.190. The average molecular weight is 397 g/mol. The van der Waals surface area contributed by atoms with E-state index in [0.717, 1.165) is 6.08 Å². The molecule has 1 heterocycles. The lowest BCUT2D eigenvalue weighted by Gasteiger charge is -2.22. The lowest BCUT2D eigenvalue weighted by atomic mass is 9.93. The smallest absolute Gasteiger partial charge is 0.339 e. The molecule has 8 heteroatoms. The number of hydrogen-bond acceptors (Lipinski definition) is 6. The Morgan fingerprint density at radius 1 is 0.862 bits per heavy atom. The number of rotatable bonds is 7. The van der Waals surface area contributed by atoms with Crippen molar-refractivity contribution in [1.29, 1.82) is 0 Å². The van der Waals surface area contributed by atoms with Crippen LogP contribution in [0.5, 0.6) is 11.5 Å². The number of carbonyl (C=O) groups excluding carboxylic acids is 1. The van der Waals surface area contributed by atoms with Gasteiger partial charge in [0.05, 0.1) is 20.3 Å². The number of nitrogens with one attached hydrogen (secondary N) is 1. The van der Waals surface area contributed by atoms with E-state index in [1.54, 1.807) is 36.4 Å². The molecule has 0 bridgehead atoms. The highest BCUT2D eigenvalue weighted by atomic mass is 16.5. The molecule has 2 aromatic carbocycles. The summed E-state index contributed by atoms with van der Waals surface area (Å²) in [4.78, 5) is 36.7. The van der Waals surface area contributed by atoms with E-state index in [-0.39, 0.29) is 11.1 Å². The zero-order valence-corrected chi connectivity index (χ0v) is 15.7. The van der Waals surface area contributed by atoms with Crippen molar-refractivity contribution < 1.29 is 34.1 Å². The summed E-state index contributed by atoms with van der Waals surface area (Å²) in [6.45, 7) is 0. The molecule has 0 fully saturated rings. The molecule has 0 amide bonds. The van der Waals surface area contributed by atoms with E-state index in [2.05, 4.69) is 5.32 Å². The molecule has 1 aliphatic rings. The van der Waals surface area contributed by atoms with Gasteiger partial charge in [0, 0.05) is 11.1 Å². The molecule has 1 atom stereocenters. The molecule has 0 unspecified atom stereocenters. The summed E-state index contributed by atoms with van der Waals surface area (Å²) in [5, 5.41) is 21.8. The molecule has 1 aliphatic heterocycles. The van der Waals surface area contributed by atoms with Crippen LogP contribution in [0.15, 0.2) is 60.2 Å². The number of carboxylic acids is 2. The van der Waals surface area contributed by atoms with Crippen LogP contribution in [0.3, 0.4) is 0 Å². The molecule has 3 N–H and O–H groups in total. The normalized spacial score (nSPS) is 17.3. The molecule has 3 rings (SSSR count). The van der Waals surface area contributed by atoms with Crippen molar-refractivity contribution >= 4 is 17.7 Å². The molecule has 0 aliphatic carbocycles. The maximum absolute atomic E-state index is 13.1. The first-order chi connectivity index (χ1) is 13.8. The molecule has 0 aromatic heterocycles. The minimum atomic E-state index is -2.41. The topological polar surface area (TPSA) is 122 Å². The van der Waals surface area contributed by atoms with Gasteiger partial charge in [0.25, 0.3) is 0 Å². The summed E-state index contributed by atoms with van der Waals surface area (Å²) in [5.41, 5.74) is -1.57. The van der Waals surface area contributed by atoms with Gasteiger partial charge in [-0.3, -0.25) is 10.1 Å². The fourth-order valence-corrected chi connectivity index (χ4v) is 3.17. The van der Waals surface area contributed by atoms with Gasteiger partial charge < -0.3 is 19.7 Å². The van der Waals surface area contributed by atoms with Crippen LogP contribution in [0.4, 0.5) is 0 Å². The highest BCUT2D eigenvalue weighted by molar-refractivity contribution is 6.14. The van der Waals surface area contributed by atoms with Crippen LogP contribution in [0.2, 0.25) is 0 Å². The first-order valence-corrected chi connectivity index (χ1v) is 8.62. The molecular formula is C21H19NO7. The molecule has 0 saturated carbocycles. The van der Waals surface area contributed by atoms with Gasteiger partial charge in [0.2, 0.25) is 5.54 Å². The third-order valence-electron chi connectivity index (χ3n) is 4.79. The van der Waals surface area contributed by atoms with Crippen molar-refractivity contribution in [3.63, 3.8) is 0 Å². The predicted molar refractivity (Wildman–Crippen MR) is 102 cm³/mol. The second-order valence-corrected chi connectivity index (χ2v) is 6.43. The molecule has 150 valence electrons. The van der Waals surface area contributed by atoms with E-state index < -0.39 is 29.3 Å². The molecular weight excluding hydrogens is 378 g/mol. The maximum atomic E-state index is 13.1. The van der Waals surface area contributed by atoms with Gasteiger partial charge in [-0.1, -0.05) is 12.1 Å². The zero-order valence-electron chi connectivity index (χ0n) is 15.7. The van der Waals surface area contributed by atoms with E-state index in [1.165, 1.54) is 26.4 Å². The van der Waals surface area contributed by atoms with E-state index in [4.69, 9.17) is 9.47 Å². The highest BCUT2D eigenvalue weighted by Crippen LogP contribution is 2.36. The van der Waals surface area contributed by atoms with E-state index >= 15 is 0 Å². The van der Waals surface area contributed by atoms with Gasteiger partial charge >= 0.3 is 11.9 Å². The molecule has 0 spiro atoms. The van der Waals surface area contributed by atoms with Gasteiger partial charge in [0.15, 0.2) is 5.78 Å². The summed E-state index contributed by atoms with van der Waals surface area (Å²) in [5.74, 6) is -2.58. The minimum Gasteiger partial charge on any atom is -0.497 e. The minimum absolute atomic E-state index is 0.0325. The van der Waals surface area contributed by atoms with Crippen molar-refractivity contribution in [1.82, 2.24) is 5.32 Å². The van der Waals surface area contributed by atoms with E-state index in [0.29, 0.717) is 17.1 Å². The van der Waals surface area contributed by atoms with Crippen molar-refractivity contribution in [2.75, 3.05) is 14.2 Å². The Morgan fingerprint density at radius 2 is 1.34 bits per heavy atom. The monoisotopic (exact) mass is 397 g/mol. The van der Waals surface area contributed by atoms with Gasteiger partial charge in [-0.15, -0.1) is 0 Å². The summed E-state index contributed by atoms with van der Waals surface area (Å²) < 4.78 is 10.2. The SMILES string of the molecule is COc1ccc(C(=O)C2=CC(C(=O)O)(C(=O)O)N[C@@H]2c2ccc(OC)cc2)cc1. The van der Waals surface area contributed by atoms with Crippen LogP contribution in [0.1, 0.15) is 22.0 Å². The number of benzene rings is 2. The number of ketones is 1. The Morgan fingerprint density at radius 3 is 1.79 bits per heavy atom. The Kier molecular flexibility index (Phi) is 5.38. The summed E-state index contributed by atoms with van der Waals surface area (Å²) in [6, 6.07) is 11.9. The quantitative estimate of drug-likeness (QED) is 0.479. The molecule has 29 heavy (non-hydrogen) atoms. The number of carboxylic acid groups (broad SMARTS) is 2. The zero-order chi connectivity index (χ0) is 21.2. The molecule has 0 saturated heterocycles. The molecule has 2 aromatic rings. The molecule has 8 nitrogen and oxygen atoms in total. The Labute approximate surface area is 166 Å². The van der Waals surface area contributed by atoms with Crippen molar-refractivity contribution in [3.05, 3.63) is 71.3 Å². The number of aliphatic carboxylic acids is 2. The number of hydrogen-bond donors (Lipinski definition) is 3. The van der Waals surface area contributed by atoms with E-state index in [9.17, 15) is 24.6 Å². The second kappa shape index (κ2) is 7.76. The number of methoxy groups -OCH3 is 2. The largest absolute Gasteiger partial charge is 0.497 e. The van der Waals surface area contributed by atoms with Crippen molar-refractivity contribution in [2.45, 2.75) is 11.6 Å². The van der Waals surface area contributed by atoms with Crippen LogP contribution >= 0.6 is 0 Å². The Bertz CT molecular complexity index is 963. The van der Waals surface area contributed by atoms with Crippen LogP contribution in [0.25, 0.3) is 0 Å². The number of Topliss-reactive ketones (excluding diaryl/α,β-unsaturated/α-hetero) is 1. The van der Waals surface area contributed by atoms with Crippen LogP contribution in [0, 0.1) is 0 Å². The van der Waals surface area contributed by atoms with Crippen LogP contribution in [-0.4, -0.2) is 47.7 Å². The second-order valence-electron chi connectivity index (χ2n) is 6.43. The van der Waals surface area contributed by atoms with Crippen molar-refractivity contribution in [3.8, 4) is 11.5 Å². The first kappa shape index (κ1) is 20.1. The van der Waals surface area contributed by atoms with Gasteiger partial charge in [-0.05, 0) is 48.0 Å². The molecule has 0 radical (unpaired) electrons. The van der Waals surface area contributed by atoms with Gasteiger partial charge in [0.1, 0.15) is 11.5 Å². The van der Waals surface area contributed by atoms with Gasteiger partial charge in [-0.25, -0.2) is 9.59 Å². The third kappa shape index (κ3) is 3.57. The summed E-state index contributed by atoms with van der Waals surface area (Å²) in [7, 11) is 3.00. The highest BCUT2D eigenvalue weighted by Gasteiger charge is 2.52. The summed E-state index contributed by atoms with van der Waals surface area (Å²) in [6.07, 6.45) is 0.971. The van der Waals surface area contributed by atoms with Gasteiger partial charge in [-0.2, -0.15) is 0 Å². The Balaban J connectivity index is 2.08. The van der Waals surface area contributed by atoms with Crippen LogP contribution in [-0.2, 0) is 9.59 Å². The number of carbonyl (C=O) groups is 3. The van der Waals surface area contributed by atoms with E-state index in [1.807, 2.05) is 0 Å². The maximum Gasteiger partial charge on any atom is 0.339 e. The van der Waals surface area contributed by atoms with Crippen molar-refractivity contribution in [2.24, 2.45) is 0 Å². The third-order valence-corrected chi connectivity index (χ3v) is 4.79. The lowest BCUT2D eigenvalue weighted by Crippen LogP contribution is -2.54. The first-order valence-electron chi connectivity index (χ1n) is 8.62. The average Bonchev–Trinajstić information content (AvgIpc) is 3.16. The van der Waals surface area contributed by atoms with Crippen LogP contribution < -0.4 is 14.8 Å². The summed E-state index contributed by atoms with van der Waals surface area (Å²) >= 11 is 0. The standard InChI is InChI=1S/C21H19NO7/c1-28-14-7-3-12(4-8-14)17-16(11-21(22-17,19(24)25)20(26)27)18(23)13-5-9-15(29-2)10-6-13/h3-11,17,22H,1-2H3,(H,24,25)(H,26,27)/t17-/m1/s1. The fourth-order valence-electron chi connectivity index (χ4n) is 3.17.